The molecule has 0 spiro atoms. The molecule has 2 aromatic carbocycles. The maximum Gasteiger partial charge on any atom is 0.269 e. The molecular formula is C16H10ClN2O5-. The van der Waals surface area contributed by atoms with E-state index in [-0.39, 0.29) is 16.3 Å². The third-order valence-corrected chi connectivity index (χ3v) is 3.33. The predicted molar refractivity (Wildman–Crippen MR) is 85.0 cm³/mol. The van der Waals surface area contributed by atoms with Crippen LogP contribution in [-0.4, -0.2) is 16.8 Å². The Morgan fingerprint density at radius 1 is 1.08 bits per heavy atom. The van der Waals surface area contributed by atoms with E-state index >= 15 is 0 Å². The number of hydrogen-bond donors (Lipinski definition) is 1. The number of rotatable bonds is 5. The van der Waals surface area contributed by atoms with Gasteiger partial charge in [0.1, 0.15) is 0 Å². The monoisotopic (exact) mass is 345 g/mol. The zero-order valence-electron chi connectivity index (χ0n) is 12.1. The SMILES string of the molecule is O=C([O-])/C(=C/c1ccc([N+](=O)[O-])cc1)NC(=O)c1ccccc1Cl. The number of halogens is 1. The summed E-state index contributed by atoms with van der Waals surface area (Å²) in [5.41, 5.74) is -0.176. The van der Waals surface area contributed by atoms with Crippen LogP contribution < -0.4 is 10.4 Å². The number of aliphatic carboxylic acids is 1. The summed E-state index contributed by atoms with van der Waals surface area (Å²) >= 11 is 5.88. The average Bonchev–Trinajstić information content (AvgIpc) is 2.54. The molecule has 2 rings (SSSR count). The van der Waals surface area contributed by atoms with Gasteiger partial charge in [-0.25, -0.2) is 0 Å². The summed E-state index contributed by atoms with van der Waals surface area (Å²) in [5, 5.41) is 24.2. The highest BCUT2D eigenvalue weighted by Crippen LogP contribution is 2.16. The Hall–Kier alpha value is -3.19. The van der Waals surface area contributed by atoms with Crippen LogP contribution >= 0.6 is 11.6 Å². The molecule has 122 valence electrons. The van der Waals surface area contributed by atoms with E-state index in [4.69, 9.17) is 11.6 Å². The van der Waals surface area contributed by atoms with Gasteiger partial charge in [0.2, 0.25) is 0 Å². The Labute approximate surface area is 141 Å². The van der Waals surface area contributed by atoms with Gasteiger partial charge in [0.25, 0.3) is 11.6 Å². The van der Waals surface area contributed by atoms with Gasteiger partial charge in [0.15, 0.2) is 0 Å². The molecule has 0 aliphatic rings. The molecule has 7 nitrogen and oxygen atoms in total. The minimum absolute atomic E-state index is 0.106. The average molecular weight is 346 g/mol. The van der Waals surface area contributed by atoms with Crippen molar-refractivity contribution in [3.63, 3.8) is 0 Å². The molecular weight excluding hydrogens is 336 g/mol. The van der Waals surface area contributed by atoms with Gasteiger partial charge in [0.05, 0.1) is 27.2 Å². The number of nitrogens with zero attached hydrogens (tertiary/aromatic N) is 1. The predicted octanol–water partition coefficient (Wildman–Crippen LogP) is 1.77. The number of nitro benzene ring substituents is 1. The maximum atomic E-state index is 12.1. The third-order valence-electron chi connectivity index (χ3n) is 3.00. The van der Waals surface area contributed by atoms with Gasteiger partial charge in [-0.2, -0.15) is 0 Å². The van der Waals surface area contributed by atoms with Crippen LogP contribution in [0, 0.1) is 10.1 Å². The normalized spacial score (nSPS) is 11.0. The number of carbonyl (C=O) groups excluding carboxylic acids is 2. The molecule has 24 heavy (non-hydrogen) atoms. The molecule has 1 N–H and O–H groups in total. The number of carboxylic acids is 1. The molecule has 0 aliphatic heterocycles. The Kier molecular flexibility index (Phi) is 5.28. The summed E-state index contributed by atoms with van der Waals surface area (Å²) in [6.07, 6.45) is 1.13. The van der Waals surface area contributed by atoms with Gasteiger partial charge in [-0.1, -0.05) is 23.7 Å². The first-order valence-electron chi connectivity index (χ1n) is 6.62. The second-order valence-corrected chi connectivity index (χ2v) is 5.04. The molecule has 0 atom stereocenters. The number of nitro groups is 1. The summed E-state index contributed by atoms with van der Waals surface area (Å²) in [6.45, 7) is 0. The van der Waals surface area contributed by atoms with Gasteiger partial charge >= 0.3 is 0 Å². The molecule has 0 heterocycles. The van der Waals surface area contributed by atoms with Crippen molar-refractivity contribution in [1.29, 1.82) is 0 Å². The van der Waals surface area contributed by atoms with Crippen molar-refractivity contribution in [3.05, 3.63) is 80.5 Å². The number of benzene rings is 2. The lowest BCUT2D eigenvalue weighted by Gasteiger charge is -2.11. The Bertz CT molecular complexity index is 831. The standard InChI is InChI=1S/C16H11ClN2O5/c17-13-4-2-1-3-12(13)15(20)18-14(16(21)22)9-10-5-7-11(8-6-10)19(23)24/h1-9H,(H,18,20)(H,21,22)/p-1/b14-9-. The molecule has 0 aromatic heterocycles. The molecule has 0 fully saturated rings. The van der Waals surface area contributed by atoms with E-state index in [9.17, 15) is 24.8 Å². The number of nitrogens with one attached hydrogen (secondary N) is 1. The molecule has 0 radical (unpaired) electrons. The zero-order valence-corrected chi connectivity index (χ0v) is 12.8. The Morgan fingerprint density at radius 3 is 2.25 bits per heavy atom. The van der Waals surface area contributed by atoms with Crippen molar-refractivity contribution in [2.75, 3.05) is 0 Å². The summed E-state index contributed by atoms with van der Waals surface area (Å²) in [4.78, 5) is 33.3. The smallest absolute Gasteiger partial charge is 0.269 e. The van der Waals surface area contributed by atoms with E-state index in [0.717, 1.165) is 6.08 Å². The molecule has 1 amide bonds. The number of hydrogen-bond acceptors (Lipinski definition) is 5. The largest absolute Gasteiger partial charge is 0.543 e. The van der Waals surface area contributed by atoms with Crippen LogP contribution in [0.5, 0.6) is 0 Å². The van der Waals surface area contributed by atoms with Crippen LogP contribution in [-0.2, 0) is 4.79 Å². The second-order valence-electron chi connectivity index (χ2n) is 4.63. The van der Waals surface area contributed by atoms with Gasteiger partial charge < -0.3 is 15.2 Å². The van der Waals surface area contributed by atoms with E-state index in [1.807, 2.05) is 0 Å². The molecule has 2 aromatic rings. The Balaban J connectivity index is 2.26. The third kappa shape index (κ3) is 4.17. The second kappa shape index (κ2) is 7.38. The minimum atomic E-state index is -1.60. The molecule has 0 saturated heterocycles. The number of carbonyl (C=O) groups is 2. The van der Waals surface area contributed by atoms with E-state index in [0.29, 0.717) is 5.56 Å². The quantitative estimate of drug-likeness (QED) is 0.504. The summed E-state index contributed by atoms with van der Waals surface area (Å²) in [6, 6.07) is 11.3. The highest BCUT2D eigenvalue weighted by molar-refractivity contribution is 6.34. The fourth-order valence-electron chi connectivity index (χ4n) is 1.84. The molecule has 0 unspecified atom stereocenters. The van der Waals surface area contributed by atoms with Crippen molar-refractivity contribution < 1.29 is 19.6 Å². The van der Waals surface area contributed by atoms with Crippen LogP contribution in [0.15, 0.2) is 54.2 Å². The number of non-ortho nitro benzene ring substituents is 1. The van der Waals surface area contributed by atoms with E-state index in [2.05, 4.69) is 5.32 Å². The van der Waals surface area contributed by atoms with Crippen molar-refractivity contribution in [3.8, 4) is 0 Å². The van der Waals surface area contributed by atoms with E-state index in [1.54, 1.807) is 12.1 Å². The van der Waals surface area contributed by atoms with E-state index < -0.39 is 22.5 Å². The van der Waals surface area contributed by atoms with Crippen LogP contribution in [0.4, 0.5) is 5.69 Å². The highest BCUT2D eigenvalue weighted by Gasteiger charge is 2.12. The molecule has 0 bridgehead atoms. The van der Waals surface area contributed by atoms with Crippen molar-refractivity contribution in [2.24, 2.45) is 0 Å². The first-order valence-corrected chi connectivity index (χ1v) is 6.99. The lowest BCUT2D eigenvalue weighted by Crippen LogP contribution is -2.35. The lowest BCUT2D eigenvalue weighted by molar-refractivity contribution is -0.384. The first-order chi connectivity index (χ1) is 11.4. The summed E-state index contributed by atoms with van der Waals surface area (Å²) < 4.78 is 0. The van der Waals surface area contributed by atoms with Gasteiger partial charge in [-0.15, -0.1) is 0 Å². The highest BCUT2D eigenvalue weighted by atomic mass is 35.5. The Morgan fingerprint density at radius 2 is 1.71 bits per heavy atom. The molecule has 0 aliphatic carbocycles. The summed E-state index contributed by atoms with van der Waals surface area (Å²) in [5.74, 6) is -2.31. The summed E-state index contributed by atoms with van der Waals surface area (Å²) in [7, 11) is 0. The topological polar surface area (TPSA) is 112 Å². The fraction of sp³-hybridized carbons (Fsp3) is 0. The first kappa shape index (κ1) is 17.2. The van der Waals surface area contributed by atoms with Crippen LogP contribution in [0.1, 0.15) is 15.9 Å². The number of amides is 1. The van der Waals surface area contributed by atoms with Crippen molar-refractivity contribution in [1.82, 2.24) is 5.32 Å². The van der Waals surface area contributed by atoms with Gasteiger partial charge in [-0.05, 0) is 35.9 Å². The maximum absolute atomic E-state index is 12.1. The van der Waals surface area contributed by atoms with Crippen LogP contribution in [0.2, 0.25) is 5.02 Å². The van der Waals surface area contributed by atoms with Crippen molar-refractivity contribution in [2.45, 2.75) is 0 Å². The van der Waals surface area contributed by atoms with E-state index in [1.165, 1.54) is 36.4 Å². The van der Waals surface area contributed by atoms with Crippen LogP contribution in [0.3, 0.4) is 0 Å². The lowest BCUT2D eigenvalue weighted by atomic mass is 10.1. The molecule has 0 saturated carbocycles. The van der Waals surface area contributed by atoms with Gasteiger partial charge in [-0.3, -0.25) is 14.9 Å². The number of carboxylic acid groups (broad SMARTS) is 1. The van der Waals surface area contributed by atoms with Gasteiger partial charge in [0, 0.05) is 12.1 Å². The van der Waals surface area contributed by atoms with Crippen LogP contribution in [0.25, 0.3) is 6.08 Å². The zero-order chi connectivity index (χ0) is 17.7. The van der Waals surface area contributed by atoms with Crippen molar-refractivity contribution >= 4 is 35.2 Å². The fourth-order valence-corrected chi connectivity index (χ4v) is 2.06. The minimum Gasteiger partial charge on any atom is -0.543 e. The molecule has 8 heteroatoms.